The van der Waals surface area contributed by atoms with Gasteiger partial charge in [-0.05, 0) is 48.4 Å². The van der Waals surface area contributed by atoms with Crippen LogP contribution >= 0.6 is 11.6 Å². The van der Waals surface area contributed by atoms with Gasteiger partial charge in [0.2, 0.25) is 11.6 Å². The summed E-state index contributed by atoms with van der Waals surface area (Å²) in [7, 11) is 0. The molecule has 0 saturated carbocycles. The number of rotatable bonds is 8. The van der Waals surface area contributed by atoms with E-state index in [1.165, 1.54) is 30.3 Å². The van der Waals surface area contributed by atoms with Gasteiger partial charge in [-0.15, -0.1) is 0 Å². The third-order valence-corrected chi connectivity index (χ3v) is 7.29. The molecule has 3 heterocycles. The van der Waals surface area contributed by atoms with E-state index in [1.807, 2.05) is 0 Å². The molecule has 3 aromatic carbocycles. The molecule has 0 amide bonds. The fourth-order valence-electron chi connectivity index (χ4n) is 4.76. The van der Waals surface area contributed by atoms with Crippen LogP contribution in [0.4, 0.5) is 22.0 Å². The van der Waals surface area contributed by atoms with Crippen molar-refractivity contribution in [3.63, 3.8) is 0 Å². The predicted molar refractivity (Wildman–Crippen MR) is 144 cm³/mol. The number of benzene rings is 3. The Balaban J connectivity index is 1.39. The van der Waals surface area contributed by atoms with E-state index in [4.69, 9.17) is 21.1 Å². The van der Waals surface area contributed by atoms with Crippen molar-refractivity contribution in [1.29, 1.82) is 0 Å². The molecule has 1 N–H and O–H groups in total. The lowest BCUT2D eigenvalue weighted by Crippen LogP contribution is -2.31. The largest absolute Gasteiger partial charge is 0.478 e. The lowest BCUT2D eigenvalue weighted by molar-refractivity contribution is -0.142. The van der Waals surface area contributed by atoms with Crippen LogP contribution in [0.2, 0.25) is 5.02 Å². The van der Waals surface area contributed by atoms with Crippen molar-refractivity contribution in [3.05, 3.63) is 93.4 Å². The summed E-state index contributed by atoms with van der Waals surface area (Å²) in [4.78, 5) is 23.7. The molecular formula is C29H20ClF5N4O4. The summed E-state index contributed by atoms with van der Waals surface area (Å²) in [5.41, 5.74) is -0.881. The Morgan fingerprint density at radius 1 is 1.00 bits per heavy atom. The minimum Gasteiger partial charge on any atom is -0.478 e. The predicted octanol–water partition coefficient (Wildman–Crippen LogP) is 6.59. The van der Waals surface area contributed by atoms with Crippen LogP contribution in [0.1, 0.15) is 39.4 Å². The van der Waals surface area contributed by atoms with Crippen molar-refractivity contribution < 1.29 is 41.3 Å². The van der Waals surface area contributed by atoms with Crippen LogP contribution in [0, 0.1) is 11.6 Å². The third kappa shape index (κ3) is 5.82. The second-order valence-corrected chi connectivity index (χ2v) is 10.4. The van der Waals surface area contributed by atoms with E-state index < -0.39 is 42.0 Å². The minimum absolute atomic E-state index is 0.0494. The number of halogens is 6. The van der Waals surface area contributed by atoms with Gasteiger partial charge in [0.1, 0.15) is 24.1 Å². The number of hydrogen-bond donors (Lipinski definition) is 1. The number of carbonyl (C=O) groups is 1. The monoisotopic (exact) mass is 618 g/mol. The van der Waals surface area contributed by atoms with Crippen molar-refractivity contribution >= 4 is 39.6 Å². The second kappa shape index (κ2) is 11.0. The van der Waals surface area contributed by atoms with Gasteiger partial charge in [0.05, 0.1) is 40.3 Å². The number of carboxylic acid groups (broad SMARTS) is 1. The molecule has 2 aromatic heterocycles. The molecule has 0 unspecified atom stereocenters. The maximum Gasteiger partial charge on any atom is 0.438 e. The van der Waals surface area contributed by atoms with Gasteiger partial charge in [0.15, 0.2) is 0 Å². The van der Waals surface area contributed by atoms with Crippen LogP contribution < -0.4 is 4.74 Å². The number of imidazole rings is 1. The van der Waals surface area contributed by atoms with E-state index >= 15 is 4.39 Å². The summed E-state index contributed by atoms with van der Waals surface area (Å²) < 4.78 is 83.6. The smallest absolute Gasteiger partial charge is 0.438 e. The average molecular weight is 619 g/mol. The van der Waals surface area contributed by atoms with Gasteiger partial charge in [0, 0.05) is 29.7 Å². The lowest BCUT2D eigenvalue weighted by atomic mass is 10.1. The Labute approximate surface area is 244 Å². The van der Waals surface area contributed by atoms with Crippen LogP contribution in [-0.4, -0.2) is 43.3 Å². The van der Waals surface area contributed by atoms with Gasteiger partial charge in [-0.1, -0.05) is 17.7 Å². The first kappa shape index (κ1) is 28.7. The summed E-state index contributed by atoms with van der Waals surface area (Å²) in [6, 6.07) is 10.2. The number of aromatic nitrogens is 4. The van der Waals surface area contributed by atoms with Crippen LogP contribution in [0.5, 0.6) is 5.88 Å². The van der Waals surface area contributed by atoms with E-state index in [2.05, 4.69) is 15.0 Å². The lowest BCUT2D eigenvalue weighted by Gasteiger charge is -2.27. The third-order valence-electron chi connectivity index (χ3n) is 7.05. The number of fused-ring (bicyclic) bond motifs is 2. The highest BCUT2D eigenvalue weighted by atomic mass is 35.5. The van der Waals surface area contributed by atoms with Crippen LogP contribution in [0.15, 0.2) is 48.5 Å². The fourth-order valence-corrected chi connectivity index (χ4v) is 4.92. The van der Waals surface area contributed by atoms with E-state index in [-0.39, 0.29) is 45.3 Å². The summed E-state index contributed by atoms with van der Waals surface area (Å²) in [5.74, 6) is -3.24. The fraction of sp³-hybridized carbons (Fsp3) is 0.241. The first-order chi connectivity index (χ1) is 20.5. The zero-order valence-electron chi connectivity index (χ0n) is 22.0. The van der Waals surface area contributed by atoms with Crippen molar-refractivity contribution in [3.8, 4) is 5.88 Å². The Hall–Kier alpha value is -4.36. The molecule has 0 aliphatic carbocycles. The first-order valence-electron chi connectivity index (χ1n) is 12.9. The molecule has 14 heteroatoms. The average Bonchev–Trinajstić information content (AvgIpc) is 3.25. The molecule has 0 radical (unpaired) electrons. The number of nitrogens with zero attached hydrogens (tertiary/aromatic N) is 4. The van der Waals surface area contributed by atoms with E-state index in [1.54, 1.807) is 10.6 Å². The summed E-state index contributed by atoms with van der Waals surface area (Å²) in [6.07, 6.45) is -4.45. The Bertz CT molecular complexity index is 1890. The molecule has 0 spiro atoms. The van der Waals surface area contributed by atoms with Gasteiger partial charge in [-0.3, -0.25) is 0 Å². The Morgan fingerprint density at radius 2 is 1.74 bits per heavy atom. The number of aromatic carboxylic acids is 1. The molecule has 0 bridgehead atoms. The van der Waals surface area contributed by atoms with Gasteiger partial charge < -0.3 is 19.1 Å². The van der Waals surface area contributed by atoms with Crippen molar-refractivity contribution in [2.24, 2.45) is 0 Å². The van der Waals surface area contributed by atoms with Crippen LogP contribution in [0.3, 0.4) is 0 Å². The molecule has 5 aromatic rings. The Kier molecular flexibility index (Phi) is 7.38. The zero-order chi connectivity index (χ0) is 30.5. The summed E-state index contributed by atoms with van der Waals surface area (Å²) in [5, 5.41) is 9.56. The maximum absolute atomic E-state index is 15.3. The van der Waals surface area contributed by atoms with Crippen molar-refractivity contribution in [2.45, 2.75) is 38.3 Å². The van der Waals surface area contributed by atoms with Crippen LogP contribution in [0.25, 0.3) is 22.1 Å². The Morgan fingerprint density at radius 3 is 2.42 bits per heavy atom. The molecule has 1 aliphatic heterocycles. The van der Waals surface area contributed by atoms with Gasteiger partial charge in [-0.25, -0.2) is 28.5 Å². The van der Waals surface area contributed by atoms with Gasteiger partial charge in [0.25, 0.3) is 0 Å². The maximum atomic E-state index is 15.3. The molecule has 1 atom stereocenters. The van der Waals surface area contributed by atoms with Gasteiger partial charge >= 0.3 is 12.1 Å². The normalized spacial score (nSPS) is 15.2. The van der Waals surface area contributed by atoms with E-state index in [0.29, 0.717) is 30.0 Å². The highest BCUT2D eigenvalue weighted by molar-refractivity contribution is 6.30. The number of carboxylic acids is 1. The molecule has 222 valence electrons. The minimum atomic E-state index is -4.99. The SMILES string of the molecule is O=C(O)c1ccc2nc(Cc3cc4nc(OCc5ccc(Cl)cc5F)c(C(F)(F)F)nc4cc3F)n(C[C@@H]3CCO3)c2c1. The van der Waals surface area contributed by atoms with Gasteiger partial charge in [-0.2, -0.15) is 13.2 Å². The molecule has 1 aliphatic rings. The quantitative estimate of drug-likeness (QED) is 0.196. The first-order valence-corrected chi connectivity index (χ1v) is 13.3. The molecule has 8 nitrogen and oxygen atoms in total. The number of alkyl halides is 3. The van der Waals surface area contributed by atoms with Crippen LogP contribution in [-0.2, 0) is 30.5 Å². The molecular weight excluding hydrogens is 599 g/mol. The number of hydrogen-bond acceptors (Lipinski definition) is 6. The summed E-state index contributed by atoms with van der Waals surface area (Å²) in [6.45, 7) is 0.337. The highest BCUT2D eigenvalue weighted by Crippen LogP contribution is 2.36. The van der Waals surface area contributed by atoms with Crippen molar-refractivity contribution in [2.75, 3.05) is 6.61 Å². The second-order valence-electron chi connectivity index (χ2n) is 9.94. The molecule has 1 fully saturated rings. The van der Waals surface area contributed by atoms with E-state index in [9.17, 15) is 27.5 Å². The zero-order valence-corrected chi connectivity index (χ0v) is 22.7. The topological polar surface area (TPSA) is 99.4 Å². The van der Waals surface area contributed by atoms with E-state index in [0.717, 1.165) is 18.6 Å². The number of ether oxygens (including phenoxy) is 2. The summed E-state index contributed by atoms with van der Waals surface area (Å²) >= 11 is 5.74. The highest BCUT2D eigenvalue weighted by Gasteiger charge is 2.38. The van der Waals surface area contributed by atoms with Crippen molar-refractivity contribution in [1.82, 2.24) is 19.5 Å². The molecule has 6 rings (SSSR count). The molecule has 1 saturated heterocycles. The standard InChI is InChI=1S/C29H20ClF5N4O4/c30-17-3-1-15(19(31)10-17)13-43-27-26(29(33,34)35)37-23-11-20(32)16(7-22(23)38-27)9-25-36-21-4-2-14(28(40)41)8-24(21)39(25)12-18-5-6-42-18/h1-4,7-8,10-11,18H,5-6,9,12-13H2,(H,40,41)/t18-/m0/s1. The molecule has 43 heavy (non-hydrogen) atoms.